The number of aromatic nitrogens is 1. The van der Waals surface area contributed by atoms with Crippen molar-refractivity contribution in [3.05, 3.63) is 10.4 Å². The highest BCUT2D eigenvalue weighted by atomic mass is 32.2. The number of sulfonamides is 1. The van der Waals surface area contributed by atoms with Crippen LogP contribution in [0.15, 0.2) is 5.38 Å². The Morgan fingerprint density at radius 2 is 1.81 bits per heavy atom. The lowest BCUT2D eigenvalue weighted by Gasteiger charge is -2.33. The number of rotatable bonds is 8. The van der Waals surface area contributed by atoms with Crippen LogP contribution in [0.1, 0.15) is 88.5 Å². The van der Waals surface area contributed by atoms with E-state index in [1.165, 1.54) is 30.6 Å². The Balaban J connectivity index is 1.32. The number of nitrogens with zero attached hydrogens (tertiary/aromatic N) is 3. The van der Waals surface area contributed by atoms with Gasteiger partial charge >= 0.3 is 6.09 Å². The van der Waals surface area contributed by atoms with Crippen molar-refractivity contribution in [2.24, 2.45) is 0 Å². The fourth-order valence-corrected chi connectivity index (χ4v) is 7.37. The lowest BCUT2D eigenvalue weighted by molar-refractivity contribution is 0.111. The number of carbonyl (C=O) groups excluding carboxylic acids is 1. The highest BCUT2D eigenvalue weighted by molar-refractivity contribution is 7.89. The van der Waals surface area contributed by atoms with Gasteiger partial charge in [0.15, 0.2) is 0 Å². The number of hydrogen-bond acceptors (Lipinski definition) is 6. The predicted molar refractivity (Wildman–Crippen MR) is 122 cm³/mol. The van der Waals surface area contributed by atoms with Crippen molar-refractivity contribution in [3.63, 3.8) is 0 Å². The maximum absolute atomic E-state index is 12.9. The van der Waals surface area contributed by atoms with E-state index in [1.807, 2.05) is 17.2 Å². The second-order valence-corrected chi connectivity index (χ2v) is 12.1. The summed E-state index contributed by atoms with van der Waals surface area (Å²) >= 11 is 1.52. The van der Waals surface area contributed by atoms with E-state index >= 15 is 0 Å². The fraction of sp³-hybridized carbons (Fsp3) is 0.818. The number of carbonyl (C=O) groups is 1. The third-order valence-electron chi connectivity index (χ3n) is 6.76. The minimum absolute atomic E-state index is 0.230. The van der Waals surface area contributed by atoms with E-state index < -0.39 is 10.0 Å². The van der Waals surface area contributed by atoms with Crippen LogP contribution in [0.4, 0.5) is 4.79 Å². The highest BCUT2D eigenvalue weighted by Crippen LogP contribution is 2.36. The zero-order valence-corrected chi connectivity index (χ0v) is 20.1. The van der Waals surface area contributed by atoms with E-state index in [1.54, 1.807) is 4.31 Å². The molecule has 2 heterocycles. The molecular weight excluding hydrogens is 434 g/mol. The van der Waals surface area contributed by atoms with Gasteiger partial charge in [-0.25, -0.2) is 22.5 Å². The van der Waals surface area contributed by atoms with Crippen molar-refractivity contribution in [3.8, 4) is 5.88 Å². The number of piperidine rings is 1. The van der Waals surface area contributed by atoms with Gasteiger partial charge in [-0.15, -0.1) is 11.3 Å². The zero-order valence-electron chi connectivity index (χ0n) is 18.5. The molecule has 3 aliphatic rings. The van der Waals surface area contributed by atoms with E-state index in [9.17, 15) is 13.2 Å². The first-order chi connectivity index (χ1) is 15.0. The number of unbranched alkanes of at least 4 members (excludes halogenated alkanes) is 1. The summed E-state index contributed by atoms with van der Waals surface area (Å²) in [5, 5.41) is 2.77. The van der Waals surface area contributed by atoms with Crippen LogP contribution in [0.2, 0.25) is 0 Å². The molecule has 1 saturated heterocycles. The molecule has 2 saturated carbocycles. The fourth-order valence-electron chi connectivity index (χ4n) is 4.79. The molecule has 0 aromatic carbocycles. The largest absolute Gasteiger partial charge is 0.417 e. The first kappa shape index (κ1) is 23.0. The molecule has 0 N–H and O–H groups in total. The molecule has 174 valence electrons. The average molecular weight is 470 g/mol. The molecule has 1 amide bonds. The van der Waals surface area contributed by atoms with Crippen LogP contribution < -0.4 is 4.74 Å². The molecule has 9 heteroatoms. The molecule has 31 heavy (non-hydrogen) atoms. The lowest BCUT2D eigenvalue weighted by Crippen LogP contribution is -2.44. The van der Waals surface area contributed by atoms with Gasteiger partial charge in [0, 0.05) is 31.1 Å². The maximum atomic E-state index is 12.9. The second-order valence-electron chi connectivity index (χ2n) is 9.17. The third kappa shape index (κ3) is 5.79. The number of ether oxygens (including phenoxy) is 1. The highest BCUT2D eigenvalue weighted by Gasteiger charge is 2.39. The van der Waals surface area contributed by atoms with E-state index in [4.69, 9.17) is 4.74 Å². The average Bonchev–Trinajstić information content (AvgIpc) is 3.50. The molecule has 0 atom stereocenters. The standard InChI is InChI=1S/C22H35N3O4S2/c1-2-3-15-31(27,28)24-13-11-17(12-14-24)21-23-20(16-30-21)29-22(26)25(19-9-10-19)18-7-5-4-6-8-18/h16-19H,2-15H2,1H3. The molecule has 7 nitrogen and oxygen atoms in total. The smallest absolute Gasteiger partial charge is 0.390 e. The third-order valence-corrected chi connectivity index (χ3v) is 9.71. The van der Waals surface area contributed by atoms with Gasteiger partial charge < -0.3 is 9.64 Å². The number of thiazole rings is 1. The summed E-state index contributed by atoms with van der Waals surface area (Å²) in [6, 6.07) is 0.651. The van der Waals surface area contributed by atoms with Crippen LogP contribution in [0.3, 0.4) is 0 Å². The van der Waals surface area contributed by atoms with E-state index in [0.717, 1.165) is 50.0 Å². The van der Waals surface area contributed by atoms with Gasteiger partial charge in [-0.3, -0.25) is 0 Å². The summed E-state index contributed by atoms with van der Waals surface area (Å²) < 4.78 is 32.2. The summed E-state index contributed by atoms with van der Waals surface area (Å²) in [6.45, 7) is 3.10. The molecular formula is C22H35N3O4S2. The Kier molecular flexibility index (Phi) is 7.54. The molecule has 3 fully saturated rings. The van der Waals surface area contributed by atoms with Crippen molar-refractivity contribution in [2.45, 2.75) is 95.6 Å². The molecule has 1 aliphatic heterocycles. The molecule has 0 bridgehead atoms. The molecule has 4 rings (SSSR count). The minimum atomic E-state index is -3.14. The van der Waals surface area contributed by atoms with Gasteiger partial charge in [0.1, 0.15) is 0 Å². The molecule has 0 unspecified atom stereocenters. The first-order valence-electron chi connectivity index (χ1n) is 11.9. The van der Waals surface area contributed by atoms with E-state index in [0.29, 0.717) is 37.5 Å². The van der Waals surface area contributed by atoms with Crippen molar-refractivity contribution in [1.29, 1.82) is 0 Å². The van der Waals surface area contributed by atoms with Gasteiger partial charge in [-0.2, -0.15) is 0 Å². The Labute approximate surface area is 190 Å². The Morgan fingerprint density at radius 1 is 1.13 bits per heavy atom. The second kappa shape index (κ2) is 10.2. The lowest BCUT2D eigenvalue weighted by atomic mass is 9.94. The molecule has 1 aromatic heterocycles. The normalized spacial score (nSPS) is 21.8. The summed E-state index contributed by atoms with van der Waals surface area (Å²) in [7, 11) is -3.14. The quantitative estimate of drug-likeness (QED) is 0.549. The number of hydrogen-bond donors (Lipinski definition) is 0. The van der Waals surface area contributed by atoms with Gasteiger partial charge in [0.2, 0.25) is 15.9 Å². The summed E-state index contributed by atoms with van der Waals surface area (Å²) in [6.07, 6.45) is 10.8. The van der Waals surface area contributed by atoms with Gasteiger partial charge in [-0.05, 0) is 44.9 Å². The summed E-state index contributed by atoms with van der Waals surface area (Å²) in [4.78, 5) is 19.5. The van der Waals surface area contributed by atoms with Crippen LogP contribution in [0.5, 0.6) is 5.88 Å². The Morgan fingerprint density at radius 3 is 2.45 bits per heavy atom. The zero-order chi connectivity index (χ0) is 21.8. The maximum Gasteiger partial charge on any atom is 0.417 e. The summed E-state index contributed by atoms with van der Waals surface area (Å²) in [5.74, 6) is 0.863. The predicted octanol–water partition coefficient (Wildman–Crippen LogP) is 4.75. The topological polar surface area (TPSA) is 79.8 Å². The van der Waals surface area contributed by atoms with Crippen molar-refractivity contribution >= 4 is 27.5 Å². The molecule has 1 aromatic rings. The Bertz CT molecular complexity index is 839. The first-order valence-corrected chi connectivity index (χ1v) is 14.4. The molecule has 0 radical (unpaired) electrons. The van der Waals surface area contributed by atoms with Crippen molar-refractivity contribution in [1.82, 2.24) is 14.2 Å². The van der Waals surface area contributed by atoms with Crippen LogP contribution in [0, 0.1) is 0 Å². The van der Waals surface area contributed by atoms with Crippen LogP contribution in [0.25, 0.3) is 0 Å². The molecule has 0 spiro atoms. The van der Waals surface area contributed by atoms with Crippen LogP contribution in [-0.2, 0) is 10.0 Å². The molecule has 2 aliphatic carbocycles. The van der Waals surface area contributed by atoms with Gasteiger partial charge in [0.25, 0.3) is 0 Å². The van der Waals surface area contributed by atoms with E-state index in [-0.39, 0.29) is 17.8 Å². The van der Waals surface area contributed by atoms with E-state index in [2.05, 4.69) is 4.98 Å². The number of amides is 1. The van der Waals surface area contributed by atoms with Crippen molar-refractivity contribution in [2.75, 3.05) is 18.8 Å². The Hall–Kier alpha value is -1.19. The van der Waals surface area contributed by atoms with Crippen LogP contribution >= 0.6 is 11.3 Å². The minimum Gasteiger partial charge on any atom is -0.390 e. The van der Waals surface area contributed by atoms with Gasteiger partial charge in [0.05, 0.1) is 16.1 Å². The van der Waals surface area contributed by atoms with Crippen molar-refractivity contribution < 1.29 is 17.9 Å². The van der Waals surface area contributed by atoms with Crippen LogP contribution in [-0.4, -0.2) is 59.6 Å². The summed E-state index contributed by atoms with van der Waals surface area (Å²) in [5.41, 5.74) is 0. The monoisotopic (exact) mass is 469 g/mol. The van der Waals surface area contributed by atoms with Gasteiger partial charge in [-0.1, -0.05) is 32.6 Å². The SMILES string of the molecule is CCCCS(=O)(=O)N1CCC(c2nc(OC(=O)N(C3CCCCC3)C3CC3)cs2)CC1.